The second-order valence-corrected chi connectivity index (χ2v) is 6.90. The molecule has 0 fully saturated rings. The van der Waals surface area contributed by atoms with Crippen LogP contribution in [0.2, 0.25) is 0 Å². The van der Waals surface area contributed by atoms with Gasteiger partial charge in [0.15, 0.2) is 10.8 Å². The summed E-state index contributed by atoms with van der Waals surface area (Å²) in [5.74, 6) is -2.60. The first-order chi connectivity index (χ1) is 13.6. The fourth-order valence-corrected chi connectivity index (χ4v) is 2.54. The van der Waals surface area contributed by atoms with Crippen molar-refractivity contribution in [3.8, 4) is 0 Å². The third kappa shape index (κ3) is 14.3. The van der Waals surface area contributed by atoms with Gasteiger partial charge in [-0.2, -0.15) is 0 Å². The number of aliphatic imine (C=N–C) groups is 1. The van der Waals surface area contributed by atoms with E-state index in [1.54, 1.807) is 5.43 Å². The molecule has 0 rings (SSSR count). The standard InChI is InChI=1S/C17H30BN5O6.CH4/c1-4-5-8-14(24)11-13(7-6-9-20-17(19)22-23(28)29)16(25)21-15(18(26)27)10-12(2)3;/h4-5,8,12-13,15,26-27H,1,6-7,9-11H2,2-3H3,(H,21,25)(H3,19,20,22);1H4/b8-5+;/t13-,15+;/m1./s1. The van der Waals surface area contributed by atoms with E-state index in [-0.39, 0.29) is 44.5 Å². The maximum Gasteiger partial charge on any atom is 0.475 e. The average molecular weight is 427 g/mol. The lowest BCUT2D eigenvalue weighted by molar-refractivity contribution is -0.525. The van der Waals surface area contributed by atoms with Gasteiger partial charge < -0.3 is 21.1 Å². The summed E-state index contributed by atoms with van der Waals surface area (Å²) in [6.45, 7) is 7.35. The molecular weight excluding hydrogens is 393 g/mol. The number of hydrogen-bond donors (Lipinski definition) is 5. The molecule has 11 nitrogen and oxygen atoms in total. The number of carbonyl (C=O) groups is 2. The first kappa shape index (κ1) is 29.5. The number of allylic oxidation sites excluding steroid dienone is 3. The summed E-state index contributed by atoms with van der Waals surface area (Å²) in [6.07, 6.45) is 5.07. The van der Waals surface area contributed by atoms with Crippen molar-refractivity contribution in [2.45, 2.75) is 52.9 Å². The van der Waals surface area contributed by atoms with Crippen molar-refractivity contribution in [3.63, 3.8) is 0 Å². The Morgan fingerprint density at radius 3 is 2.50 bits per heavy atom. The molecule has 0 aromatic rings. The monoisotopic (exact) mass is 427 g/mol. The number of guanidine groups is 1. The van der Waals surface area contributed by atoms with Gasteiger partial charge >= 0.3 is 7.12 Å². The fraction of sp³-hybridized carbons (Fsp3) is 0.611. The first-order valence-electron chi connectivity index (χ1n) is 9.26. The zero-order valence-electron chi connectivity index (χ0n) is 16.8. The van der Waals surface area contributed by atoms with Gasteiger partial charge in [0, 0.05) is 18.9 Å². The molecular formula is C18H34BN5O6. The Morgan fingerprint density at radius 1 is 1.37 bits per heavy atom. The molecule has 0 radical (unpaired) electrons. The number of nitro groups is 1. The Hall–Kier alpha value is -2.73. The average Bonchev–Trinajstić information content (AvgIpc) is 2.60. The zero-order valence-corrected chi connectivity index (χ0v) is 16.8. The highest BCUT2D eigenvalue weighted by Gasteiger charge is 2.29. The van der Waals surface area contributed by atoms with Crippen molar-refractivity contribution in [1.29, 1.82) is 0 Å². The van der Waals surface area contributed by atoms with Gasteiger partial charge in [0.25, 0.3) is 5.96 Å². The van der Waals surface area contributed by atoms with E-state index in [1.807, 2.05) is 13.8 Å². The van der Waals surface area contributed by atoms with E-state index in [0.717, 1.165) is 0 Å². The molecule has 0 saturated heterocycles. The number of hydrogen-bond acceptors (Lipinski definition) is 7. The lowest BCUT2D eigenvalue weighted by atomic mass is 9.74. The summed E-state index contributed by atoms with van der Waals surface area (Å²) < 4.78 is 0. The molecule has 0 bridgehead atoms. The van der Waals surface area contributed by atoms with Crippen molar-refractivity contribution < 1.29 is 24.7 Å². The molecule has 2 atom stereocenters. The summed E-state index contributed by atoms with van der Waals surface area (Å²) in [6, 6.07) is 0. The zero-order chi connectivity index (χ0) is 22.4. The molecule has 30 heavy (non-hydrogen) atoms. The first-order valence-corrected chi connectivity index (χ1v) is 9.26. The molecule has 1 amide bonds. The summed E-state index contributed by atoms with van der Waals surface area (Å²) >= 11 is 0. The number of hydrazine groups is 1. The van der Waals surface area contributed by atoms with Crippen molar-refractivity contribution >= 4 is 24.8 Å². The number of nitrogens with zero attached hydrogens (tertiary/aromatic N) is 2. The van der Waals surface area contributed by atoms with Crippen molar-refractivity contribution in [3.05, 3.63) is 34.9 Å². The largest absolute Gasteiger partial charge is 0.475 e. The Balaban J connectivity index is 0. The quantitative estimate of drug-likeness (QED) is 0.0385. The SMILES string of the molecule is C.C=C/C=C/C(=O)C[C@@H](CCCN=C(N)N[N+](=O)[O-])C(=O)N[C@@H](CC(C)C)B(O)O. The molecule has 0 aliphatic heterocycles. The van der Waals surface area contributed by atoms with Crippen LogP contribution in [0.15, 0.2) is 29.8 Å². The number of carbonyl (C=O) groups excluding carboxylic acids is 2. The van der Waals surface area contributed by atoms with Crippen LogP contribution in [0.3, 0.4) is 0 Å². The van der Waals surface area contributed by atoms with Gasteiger partial charge in [0.1, 0.15) is 0 Å². The van der Waals surface area contributed by atoms with Crippen LogP contribution in [0, 0.1) is 22.0 Å². The van der Waals surface area contributed by atoms with Crippen LogP contribution >= 0.6 is 0 Å². The number of amides is 1. The molecule has 0 aliphatic rings. The third-order valence-corrected chi connectivity index (χ3v) is 3.85. The molecule has 0 spiro atoms. The molecule has 0 aromatic heterocycles. The molecule has 0 saturated carbocycles. The minimum Gasteiger partial charge on any atom is -0.426 e. The van der Waals surface area contributed by atoms with Crippen LogP contribution < -0.4 is 16.5 Å². The van der Waals surface area contributed by atoms with Crippen molar-refractivity contribution in [2.24, 2.45) is 22.6 Å². The minimum absolute atomic E-state index is 0. The molecule has 0 unspecified atom stereocenters. The van der Waals surface area contributed by atoms with Gasteiger partial charge in [-0.1, -0.05) is 45.4 Å². The maximum atomic E-state index is 12.6. The van der Waals surface area contributed by atoms with E-state index in [9.17, 15) is 29.8 Å². The van der Waals surface area contributed by atoms with E-state index in [2.05, 4.69) is 16.9 Å². The van der Waals surface area contributed by atoms with Crippen LogP contribution in [0.4, 0.5) is 0 Å². The Labute approximate surface area is 177 Å². The third-order valence-electron chi connectivity index (χ3n) is 3.85. The smallest absolute Gasteiger partial charge is 0.426 e. The highest BCUT2D eigenvalue weighted by molar-refractivity contribution is 6.43. The van der Waals surface area contributed by atoms with Crippen LogP contribution in [-0.2, 0) is 9.59 Å². The van der Waals surface area contributed by atoms with E-state index >= 15 is 0 Å². The molecule has 0 heterocycles. The van der Waals surface area contributed by atoms with Crippen LogP contribution in [0.25, 0.3) is 0 Å². The fourth-order valence-electron chi connectivity index (χ4n) is 2.54. The normalized spacial score (nSPS) is 13.3. The van der Waals surface area contributed by atoms with Crippen LogP contribution in [0.5, 0.6) is 0 Å². The molecule has 0 aromatic carbocycles. The second-order valence-electron chi connectivity index (χ2n) is 6.90. The second kappa shape index (κ2) is 16.1. The van der Waals surface area contributed by atoms with Crippen LogP contribution in [-0.4, -0.2) is 52.3 Å². The van der Waals surface area contributed by atoms with Gasteiger partial charge in [-0.05, 0) is 31.3 Å². The Kier molecular flexibility index (Phi) is 15.8. The summed E-state index contributed by atoms with van der Waals surface area (Å²) in [4.78, 5) is 38.7. The summed E-state index contributed by atoms with van der Waals surface area (Å²) in [5, 5.41) is 31.0. The minimum atomic E-state index is -1.73. The highest BCUT2D eigenvalue weighted by Crippen LogP contribution is 2.15. The van der Waals surface area contributed by atoms with Gasteiger partial charge in [0.2, 0.25) is 5.91 Å². The van der Waals surface area contributed by atoms with E-state index in [4.69, 9.17) is 5.73 Å². The highest BCUT2D eigenvalue weighted by atomic mass is 16.7. The number of ketones is 1. The lowest BCUT2D eigenvalue weighted by Gasteiger charge is -2.23. The molecule has 6 N–H and O–H groups in total. The van der Waals surface area contributed by atoms with Gasteiger partial charge in [0.05, 0.1) is 5.94 Å². The predicted octanol–water partition coefficient (Wildman–Crippen LogP) is 0.359. The van der Waals surface area contributed by atoms with E-state index in [1.165, 1.54) is 18.2 Å². The topological polar surface area (TPSA) is 180 Å². The Bertz CT molecular complexity index is 624. The number of rotatable bonds is 14. The van der Waals surface area contributed by atoms with Gasteiger partial charge in [-0.3, -0.25) is 9.59 Å². The van der Waals surface area contributed by atoms with Gasteiger partial charge in [-0.25, -0.2) is 15.1 Å². The van der Waals surface area contributed by atoms with Gasteiger partial charge in [-0.15, -0.1) is 0 Å². The van der Waals surface area contributed by atoms with E-state index < -0.39 is 29.9 Å². The Morgan fingerprint density at radius 2 is 2.00 bits per heavy atom. The molecule has 0 aliphatic carbocycles. The number of nitrogens with one attached hydrogen (secondary N) is 2. The summed E-state index contributed by atoms with van der Waals surface area (Å²) in [5.41, 5.74) is 7.03. The predicted molar refractivity (Wildman–Crippen MR) is 117 cm³/mol. The van der Waals surface area contributed by atoms with E-state index in [0.29, 0.717) is 12.8 Å². The summed E-state index contributed by atoms with van der Waals surface area (Å²) in [7, 11) is -1.73. The lowest BCUT2D eigenvalue weighted by Crippen LogP contribution is -2.49. The number of nitrogens with two attached hydrogens (primary N) is 1. The van der Waals surface area contributed by atoms with Crippen molar-refractivity contribution in [2.75, 3.05) is 6.54 Å². The molecule has 170 valence electrons. The van der Waals surface area contributed by atoms with Crippen molar-refractivity contribution in [1.82, 2.24) is 10.7 Å². The van der Waals surface area contributed by atoms with Crippen LogP contribution in [0.1, 0.15) is 47.0 Å². The molecule has 12 heteroatoms. The maximum absolute atomic E-state index is 12.6.